The Morgan fingerprint density at radius 2 is 2.21 bits per heavy atom. The van der Waals surface area contributed by atoms with Gasteiger partial charge in [0.1, 0.15) is 6.10 Å². The standard InChI is InChI=1S/C15H20O4/c1-6-4-9(16)11-7(2)14(17)18-13(11)12-8(6)5-10-15(12,3)19-10/h7-13,16H,1,4-5H2,2-3H3/t7-,8-,9+,10-,11+,12-,13-,15-/m0/s1. The van der Waals surface area contributed by atoms with Crippen LogP contribution in [0.2, 0.25) is 0 Å². The fourth-order valence-corrected chi connectivity index (χ4v) is 4.78. The molecule has 0 amide bonds. The summed E-state index contributed by atoms with van der Waals surface area (Å²) in [7, 11) is 0. The molecule has 4 rings (SSSR count). The van der Waals surface area contributed by atoms with Crippen LogP contribution in [-0.4, -0.2) is 35.0 Å². The summed E-state index contributed by atoms with van der Waals surface area (Å²) in [6.45, 7) is 8.14. The van der Waals surface area contributed by atoms with Gasteiger partial charge in [-0.15, -0.1) is 0 Å². The molecule has 0 radical (unpaired) electrons. The number of aliphatic hydroxyl groups is 1. The second kappa shape index (κ2) is 3.41. The van der Waals surface area contributed by atoms with Crippen molar-refractivity contribution in [2.45, 2.75) is 50.6 Å². The van der Waals surface area contributed by atoms with E-state index in [-0.39, 0.29) is 41.5 Å². The Kier molecular flexibility index (Phi) is 2.14. The Balaban J connectivity index is 1.78. The molecule has 0 bridgehead atoms. The first-order valence-corrected chi connectivity index (χ1v) is 7.17. The molecule has 0 spiro atoms. The summed E-state index contributed by atoms with van der Waals surface area (Å²) in [4.78, 5) is 11.9. The fraction of sp³-hybridized carbons (Fsp3) is 0.800. The lowest BCUT2D eigenvalue weighted by Crippen LogP contribution is -2.40. The molecular formula is C15H20O4. The molecule has 4 fully saturated rings. The summed E-state index contributed by atoms with van der Waals surface area (Å²) < 4.78 is 11.4. The maximum absolute atomic E-state index is 11.9. The van der Waals surface area contributed by atoms with E-state index in [1.807, 2.05) is 6.92 Å². The van der Waals surface area contributed by atoms with E-state index in [1.54, 1.807) is 0 Å². The van der Waals surface area contributed by atoms with Gasteiger partial charge in [0.05, 0.1) is 23.7 Å². The third-order valence-corrected chi connectivity index (χ3v) is 5.92. The SMILES string of the molecule is C=C1C[C@@H](O)[C@@H]2[C@H](OC(=O)[C@H]2C)[C@@H]2[C@H]1C[C@@H]1O[C@]21C. The highest BCUT2D eigenvalue weighted by atomic mass is 16.6. The number of esters is 1. The van der Waals surface area contributed by atoms with Crippen molar-refractivity contribution in [1.29, 1.82) is 0 Å². The lowest BCUT2D eigenvalue weighted by molar-refractivity contribution is -0.147. The lowest BCUT2D eigenvalue weighted by atomic mass is 9.77. The number of aliphatic hydroxyl groups excluding tert-OH is 1. The first kappa shape index (κ1) is 11.9. The van der Waals surface area contributed by atoms with E-state index in [0.717, 1.165) is 12.0 Å². The molecule has 4 heteroatoms. The van der Waals surface area contributed by atoms with Gasteiger partial charge in [0.25, 0.3) is 0 Å². The molecule has 0 aromatic carbocycles. The molecule has 2 heterocycles. The molecule has 2 saturated carbocycles. The number of fused-ring (bicyclic) bond motifs is 5. The number of rotatable bonds is 0. The van der Waals surface area contributed by atoms with E-state index < -0.39 is 6.10 Å². The maximum atomic E-state index is 11.9. The normalized spacial score (nSPS) is 59.0. The van der Waals surface area contributed by atoms with E-state index in [2.05, 4.69) is 13.5 Å². The highest BCUT2D eigenvalue weighted by molar-refractivity contribution is 5.75. The zero-order valence-corrected chi connectivity index (χ0v) is 11.3. The highest BCUT2D eigenvalue weighted by Crippen LogP contribution is 2.63. The summed E-state index contributed by atoms with van der Waals surface area (Å²) in [6.07, 6.45) is 1.10. The molecule has 0 aromatic rings. The van der Waals surface area contributed by atoms with Gasteiger partial charge in [-0.2, -0.15) is 0 Å². The summed E-state index contributed by atoms with van der Waals surface area (Å²) in [6, 6.07) is 0. The minimum absolute atomic E-state index is 0.112. The number of carbonyl (C=O) groups excluding carboxylic acids is 1. The highest BCUT2D eigenvalue weighted by Gasteiger charge is 2.71. The Hall–Kier alpha value is -0.870. The molecule has 4 nitrogen and oxygen atoms in total. The molecule has 4 aliphatic rings. The lowest BCUT2D eigenvalue weighted by Gasteiger charge is -2.31. The van der Waals surface area contributed by atoms with Crippen molar-refractivity contribution in [2.75, 3.05) is 0 Å². The van der Waals surface area contributed by atoms with Crippen molar-refractivity contribution >= 4 is 5.97 Å². The van der Waals surface area contributed by atoms with E-state index in [0.29, 0.717) is 12.3 Å². The third kappa shape index (κ3) is 1.34. The van der Waals surface area contributed by atoms with Crippen LogP contribution < -0.4 is 0 Å². The minimum atomic E-state index is -0.523. The molecule has 2 aliphatic carbocycles. The van der Waals surface area contributed by atoms with Gasteiger partial charge in [-0.1, -0.05) is 19.1 Å². The summed E-state index contributed by atoms with van der Waals surface area (Å²) in [5.74, 6) is -0.0208. The van der Waals surface area contributed by atoms with E-state index in [9.17, 15) is 9.90 Å². The van der Waals surface area contributed by atoms with Crippen LogP contribution in [0.5, 0.6) is 0 Å². The first-order valence-electron chi connectivity index (χ1n) is 7.17. The van der Waals surface area contributed by atoms with Crippen LogP contribution >= 0.6 is 0 Å². The second-order valence-corrected chi connectivity index (χ2v) is 6.86. The van der Waals surface area contributed by atoms with Crippen molar-refractivity contribution < 1.29 is 19.4 Å². The average Bonchev–Trinajstić information content (AvgIpc) is 2.79. The molecule has 0 unspecified atom stereocenters. The Morgan fingerprint density at radius 3 is 2.95 bits per heavy atom. The largest absolute Gasteiger partial charge is 0.461 e. The molecule has 0 aromatic heterocycles. The average molecular weight is 264 g/mol. The van der Waals surface area contributed by atoms with E-state index in [1.165, 1.54) is 0 Å². The van der Waals surface area contributed by atoms with Crippen molar-refractivity contribution in [3.8, 4) is 0 Å². The van der Waals surface area contributed by atoms with Crippen LogP contribution in [0.3, 0.4) is 0 Å². The molecule has 2 saturated heterocycles. The maximum Gasteiger partial charge on any atom is 0.309 e. The van der Waals surface area contributed by atoms with Gasteiger partial charge in [-0.3, -0.25) is 4.79 Å². The topological polar surface area (TPSA) is 59.1 Å². The van der Waals surface area contributed by atoms with Crippen LogP contribution in [0.25, 0.3) is 0 Å². The first-order chi connectivity index (χ1) is 8.93. The quantitative estimate of drug-likeness (QED) is 0.407. The Morgan fingerprint density at radius 1 is 1.47 bits per heavy atom. The van der Waals surface area contributed by atoms with Gasteiger partial charge in [0, 0.05) is 11.8 Å². The van der Waals surface area contributed by atoms with Crippen molar-refractivity contribution in [1.82, 2.24) is 0 Å². The molecule has 19 heavy (non-hydrogen) atoms. The van der Waals surface area contributed by atoms with Crippen LogP contribution in [0.15, 0.2) is 12.2 Å². The molecular weight excluding hydrogens is 244 g/mol. The Labute approximate surface area is 112 Å². The number of carbonyl (C=O) groups is 1. The van der Waals surface area contributed by atoms with E-state index in [4.69, 9.17) is 9.47 Å². The van der Waals surface area contributed by atoms with Gasteiger partial charge >= 0.3 is 5.97 Å². The van der Waals surface area contributed by atoms with Crippen molar-refractivity contribution in [3.63, 3.8) is 0 Å². The predicted octanol–water partition coefficient (Wildman–Crippen LogP) is 1.28. The second-order valence-electron chi connectivity index (χ2n) is 6.86. The number of hydrogen-bond donors (Lipinski definition) is 1. The van der Waals surface area contributed by atoms with Gasteiger partial charge in [-0.05, 0) is 25.7 Å². The van der Waals surface area contributed by atoms with Gasteiger partial charge in [-0.25, -0.2) is 0 Å². The fourth-order valence-electron chi connectivity index (χ4n) is 4.78. The van der Waals surface area contributed by atoms with Gasteiger partial charge < -0.3 is 14.6 Å². The summed E-state index contributed by atoms with van der Waals surface area (Å²) >= 11 is 0. The van der Waals surface area contributed by atoms with Crippen LogP contribution in [0, 0.1) is 23.7 Å². The molecule has 104 valence electrons. The Bertz CT molecular complexity index is 473. The van der Waals surface area contributed by atoms with Gasteiger partial charge in [0.2, 0.25) is 0 Å². The monoisotopic (exact) mass is 264 g/mol. The zero-order chi connectivity index (χ0) is 13.5. The summed E-state index contributed by atoms with van der Waals surface area (Å²) in [5.41, 5.74) is 0.928. The molecule has 1 N–H and O–H groups in total. The molecule has 8 atom stereocenters. The zero-order valence-electron chi connectivity index (χ0n) is 11.3. The van der Waals surface area contributed by atoms with Crippen LogP contribution in [0.1, 0.15) is 26.7 Å². The van der Waals surface area contributed by atoms with Crippen molar-refractivity contribution in [2.24, 2.45) is 23.7 Å². The van der Waals surface area contributed by atoms with Gasteiger partial charge in [0.15, 0.2) is 0 Å². The third-order valence-electron chi connectivity index (χ3n) is 5.92. The minimum Gasteiger partial charge on any atom is -0.461 e. The van der Waals surface area contributed by atoms with E-state index >= 15 is 0 Å². The number of epoxide rings is 1. The van der Waals surface area contributed by atoms with Crippen molar-refractivity contribution in [3.05, 3.63) is 12.2 Å². The van der Waals surface area contributed by atoms with Crippen LogP contribution in [-0.2, 0) is 14.3 Å². The molecule has 2 aliphatic heterocycles. The number of ether oxygens (including phenoxy) is 2. The van der Waals surface area contributed by atoms with Crippen LogP contribution in [0.4, 0.5) is 0 Å². The number of hydrogen-bond acceptors (Lipinski definition) is 4. The smallest absolute Gasteiger partial charge is 0.309 e. The summed E-state index contributed by atoms with van der Waals surface area (Å²) in [5, 5.41) is 10.4. The predicted molar refractivity (Wildman–Crippen MR) is 67.2 cm³/mol.